The van der Waals surface area contributed by atoms with E-state index in [9.17, 15) is 9.59 Å². The molecule has 1 fully saturated rings. The molecule has 0 aliphatic carbocycles. The van der Waals surface area contributed by atoms with Crippen molar-refractivity contribution in [2.75, 3.05) is 7.05 Å². The molecule has 1 aliphatic heterocycles. The first kappa shape index (κ1) is 10.9. The molecule has 1 aliphatic rings. The third kappa shape index (κ3) is 1.73. The summed E-state index contributed by atoms with van der Waals surface area (Å²) in [5.41, 5.74) is 1.11. The maximum absolute atomic E-state index is 11.8. The zero-order valence-corrected chi connectivity index (χ0v) is 9.51. The van der Waals surface area contributed by atoms with E-state index in [0.29, 0.717) is 6.42 Å². The molecular formula is C13H15NO2. The van der Waals surface area contributed by atoms with Crippen LogP contribution in [0.2, 0.25) is 0 Å². The van der Waals surface area contributed by atoms with Gasteiger partial charge in [0.15, 0.2) is 0 Å². The molecule has 3 heteroatoms. The second kappa shape index (κ2) is 4.08. The number of rotatable bonds is 2. The Bertz CT molecular complexity index is 413. The molecule has 2 amide bonds. The molecular weight excluding hydrogens is 202 g/mol. The molecule has 2 atom stereocenters. The van der Waals surface area contributed by atoms with Crippen molar-refractivity contribution in [2.24, 2.45) is 5.92 Å². The Hall–Kier alpha value is -1.64. The largest absolute Gasteiger partial charge is 0.285 e. The van der Waals surface area contributed by atoms with Crippen molar-refractivity contribution in [2.45, 2.75) is 19.3 Å². The molecule has 0 unspecified atom stereocenters. The van der Waals surface area contributed by atoms with Crippen LogP contribution in [0.3, 0.4) is 0 Å². The van der Waals surface area contributed by atoms with Gasteiger partial charge in [-0.15, -0.1) is 0 Å². The molecule has 1 aromatic carbocycles. The number of imide groups is 1. The standard InChI is InChI=1S/C13H15NO2/c1-9(10-6-4-3-5-7-10)11-8-12(15)14(2)13(11)16/h3-7,9,11H,8H2,1-2H3/t9-,11-/m1/s1. The van der Waals surface area contributed by atoms with E-state index in [1.807, 2.05) is 37.3 Å². The molecule has 0 aromatic heterocycles. The SMILES string of the molecule is C[C@H](c1ccccc1)[C@H]1CC(=O)N(C)C1=O. The van der Waals surface area contributed by atoms with E-state index in [-0.39, 0.29) is 23.7 Å². The highest BCUT2D eigenvalue weighted by atomic mass is 16.2. The second-order valence-electron chi connectivity index (χ2n) is 4.30. The summed E-state index contributed by atoms with van der Waals surface area (Å²) in [5, 5.41) is 0. The molecule has 84 valence electrons. The van der Waals surface area contributed by atoms with Gasteiger partial charge in [0, 0.05) is 13.5 Å². The summed E-state index contributed by atoms with van der Waals surface area (Å²) >= 11 is 0. The normalized spacial score (nSPS) is 22.6. The third-order valence-electron chi connectivity index (χ3n) is 3.35. The number of amides is 2. The summed E-state index contributed by atoms with van der Waals surface area (Å²) in [4.78, 5) is 24.5. The summed E-state index contributed by atoms with van der Waals surface area (Å²) in [6, 6.07) is 9.86. The van der Waals surface area contributed by atoms with Crippen LogP contribution in [-0.4, -0.2) is 23.8 Å². The molecule has 1 saturated heterocycles. The van der Waals surface area contributed by atoms with Crippen molar-refractivity contribution in [3.63, 3.8) is 0 Å². The van der Waals surface area contributed by atoms with Gasteiger partial charge in [-0.05, 0) is 11.5 Å². The number of benzene rings is 1. The lowest BCUT2D eigenvalue weighted by atomic mass is 9.86. The van der Waals surface area contributed by atoms with Crippen LogP contribution in [0.4, 0.5) is 0 Å². The first-order valence-corrected chi connectivity index (χ1v) is 5.46. The quantitative estimate of drug-likeness (QED) is 0.708. The fourth-order valence-corrected chi connectivity index (χ4v) is 2.16. The molecule has 0 bridgehead atoms. The molecule has 16 heavy (non-hydrogen) atoms. The van der Waals surface area contributed by atoms with E-state index in [1.54, 1.807) is 7.05 Å². The van der Waals surface area contributed by atoms with Gasteiger partial charge < -0.3 is 0 Å². The number of nitrogens with zero attached hydrogens (tertiary/aromatic N) is 1. The zero-order valence-electron chi connectivity index (χ0n) is 9.51. The van der Waals surface area contributed by atoms with Crippen molar-refractivity contribution < 1.29 is 9.59 Å². The van der Waals surface area contributed by atoms with Crippen LogP contribution in [0.15, 0.2) is 30.3 Å². The van der Waals surface area contributed by atoms with Crippen LogP contribution in [0.25, 0.3) is 0 Å². The van der Waals surface area contributed by atoms with Crippen LogP contribution >= 0.6 is 0 Å². The Labute approximate surface area is 95.1 Å². The van der Waals surface area contributed by atoms with Gasteiger partial charge in [0.05, 0.1) is 5.92 Å². The third-order valence-corrected chi connectivity index (χ3v) is 3.35. The van der Waals surface area contributed by atoms with Gasteiger partial charge in [-0.1, -0.05) is 37.3 Å². The highest BCUT2D eigenvalue weighted by molar-refractivity contribution is 6.03. The average molecular weight is 217 g/mol. The monoisotopic (exact) mass is 217 g/mol. The lowest BCUT2D eigenvalue weighted by Gasteiger charge is -2.17. The van der Waals surface area contributed by atoms with Gasteiger partial charge in [-0.25, -0.2) is 0 Å². The highest BCUT2D eigenvalue weighted by Gasteiger charge is 2.39. The van der Waals surface area contributed by atoms with E-state index in [4.69, 9.17) is 0 Å². The highest BCUT2D eigenvalue weighted by Crippen LogP contribution is 2.32. The van der Waals surface area contributed by atoms with E-state index in [2.05, 4.69) is 0 Å². The maximum Gasteiger partial charge on any atom is 0.233 e. The van der Waals surface area contributed by atoms with Gasteiger partial charge >= 0.3 is 0 Å². The number of hydrogen-bond acceptors (Lipinski definition) is 2. The molecule has 1 heterocycles. The molecule has 2 rings (SSSR count). The fraction of sp³-hybridized carbons (Fsp3) is 0.385. The number of hydrogen-bond donors (Lipinski definition) is 0. The van der Waals surface area contributed by atoms with Crippen molar-refractivity contribution >= 4 is 11.8 Å². The van der Waals surface area contributed by atoms with E-state index in [0.717, 1.165) is 5.56 Å². The fourth-order valence-electron chi connectivity index (χ4n) is 2.16. The van der Waals surface area contributed by atoms with E-state index >= 15 is 0 Å². The van der Waals surface area contributed by atoms with Crippen LogP contribution in [0.1, 0.15) is 24.8 Å². The van der Waals surface area contributed by atoms with Crippen molar-refractivity contribution in [1.82, 2.24) is 4.90 Å². The number of likely N-dealkylation sites (tertiary alicyclic amines) is 1. The lowest BCUT2D eigenvalue weighted by Crippen LogP contribution is -2.27. The van der Waals surface area contributed by atoms with Crippen molar-refractivity contribution in [1.29, 1.82) is 0 Å². The van der Waals surface area contributed by atoms with Gasteiger partial charge in [-0.3, -0.25) is 14.5 Å². The van der Waals surface area contributed by atoms with Gasteiger partial charge in [0.25, 0.3) is 0 Å². The van der Waals surface area contributed by atoms with Crippen molar-refractivity contribution in [3.05, 3.63) is 35.9 Å². The molecule has 0 saturated carbocycles. The zero-order chi connectivity index (χ0) is 11.7. The summed E-state index contributed by atoms with van der Waals surface area (Å²) in [6.45, 7) is 2.00. The molecule has 3 nitrogen and oxygen atoms in total. The van der Waals surface area contributed by atoms with Crippen LogP contribution in [0, 0.1) is 5.92 Å². The molecule has 0 spiro atoms. The van der Waals surface area contributed by atoms with E-state index < -0.39 is 0 Å². The minimum atomic E-state index is -0.195. The number of carbonyl (C=O) groups excluding carboxylic acids is 2. The average Bonchev–Trinajstić information content (AvgIpc) is 2.57. The second-order valence-corrected chi connectivity index (χ2v) is 4.30. The minimum absolute atomic E-state index is 0.0543. The van der Waals surface area contributed by atoms with Crippen LogP contribution in [-0.2, 0) is 9.59 Å². The summed E-state index contributed by atoms with van der Waals surface area (Å²) in [7, 11) is 1.56. The van der Waals surface area contributed by atoms with Crippen LogP contribution < -0.4 is 0 Å². The van der Waals surface area contributed by atoms with Gasteiger partial charge in [-0.2, -0.15) is 0 Å². The van der Waals surface area contributed by atoms with Crippen LogP contribution in [0.5, 0.6) is 0 Å². The van der Waals surface area contributed by atoms with Gasteiger partial charge in [0.2, 0.25) is 11.8 Å². The van der Waals surface area contributed by atoms with Gasteiger partial charge in [0.1, 0.15) is 0 Å². The minimum Gasteiger partial charge on any atom is -0.285 e. The Morgan fingerprint density at radius 1 is 1.25 bits per heavy atom. The summed E-state index contributed by atoms with van der Waals surface area (Å²) < 4.78 is 0. The predicted octanol–water partition coefficient (Wildman–Crippen LogP) is 1.79. The maximum atomic E-state index is 11.8. The lowest BCUT2D eigenvalue weighted by molar-refractivity contribution is -0.137. The summed E-state index contributed by atoms with van der Waals surface area (Å²) in [6.07, 6.45) is 0.339. The first-order valence-electron chi connectivity index (χ1n) is 5.46. The number of carbonyl (C=O) groups is 2. The molecule has 1 aromatic rings. The Balaban J connectivity index is 2.21. The topological polar surface area (TPSA) is 37.4 Å². The first-order chi connectivity index (χ1) is 7.61. The Kier molecular flexibility index (Phi) is 2.77. The predicted molar refractivity (Wildman–Crippen MR) is 60.7 cm³/mol. The molecule has 0 radical (unpaired) electrons. The summed E-state index contributed by atoms with van der Waals surface area (Å²) in [5.74, 6) is -0.221. The Morgan fingerprint density at radius 2 is 1.88 bits per heavy atom. The Morgan fingerprint density at radius 3 is 2.38 bits per heavy atom. The molecule has 0 N–H and O–H groups in total. The van der Waals surface area contributed by atoms with Crippen molar-refractivity contribution in [3.8, 4) is 0 Å². The van der Waals surface area contributed by atoms with E-state index in [1.165, 1.54) is 4.90 Å². The smallest absolute Gasteiger partial charge is 0.233 e.